The Bertz CT molecular complexity index is 1250. The lowest BCUT2D eigenvalue weighted by Gasteiger charge is -2.04. The first-order valence-electron chi connectivity index (χ1n) is 7.76. The number of halogens is 1. The Morgan fingerprint density at radius 2 is 1.71 bits per heavy atom. The molecule has 1 amide bonds. The van der Waals surface area contributed by atoms with Crippen LogP contribution in [0.1, 0.15) is 6.42 Å². The molecule has 0 bridgehead atoms. The topological polar surface area (TPSA) is 136 Å². The van der Waals surface area contributed by atoms with Crippen LogP contribution in [0, 0.1) is 5.82 Å². The van der Waals surface area contributed by atoms with E-state index in [4.69, 9.17) is 5.14 Å². The van der Waals surface area contributed by atoms with Crippen LogP contribution in [0.5, 0.6) is 0 Å². The number of anilines is 1. The van der Waals surface area contributed by atoms with Crippen molar-refractivity contribution in [2.45, 2.75) is 16.2 Å². The van der Waals surface area contributed by atoms with E-state index in [1.807, 2.05) is 0 Å². The van der Waals surface area contributed by atoms with E-state index >= 15 is 0 Å². The van der Waals surface area contributed by atoms with Crippen molar-refractivity contribution in [1.29, 1.82) is 0 Å². The molecule has 0 unspecified atom stereocenters. The smallest absolute Gasteiger partial charge is 0.238 e. The van der Waals surface area contributed by atoms with Gasteiger partial charge in [-0.05, 0) is 42.5 Å². The Balaban J connectivity index is 1.68. The number of thiazole rings is 1. The van der Waals surface area contributed by atoms with Crippen molar-refractivity contribution in [3.05, 3.63) is 48.3 Å². The molecule has 0 aliphatic rings. The fourth-order valence-electron chi connectivity index (χ4n) is 2.30. The van der Waals surface area contributed by atoms with Crippen LogP contribution in [-0.4, -0.2) is 33.5 Å². The summed E-state index contributed by atoms with van der Waals surface area (Å²) in [5, 5.41) is 7.77. The maximum Gasteiger partial charge on any atom is 0.238 e. The highest BCUT2D eigenvalue weighted by atomic mass is 32.2. The lowest BCUT2D eigenvalue weighted by Crippen LogP contribution is -2.17. The highest BCUT2D eigenvalue weighted by Gasteiger charge is 2.18. The molecule has 0 saturated heterocycles. The SMILES string of the molecule is NS(=O)(=O)c1ccc2nc(NC(=O)CCS(=O)(=O)c3ccc(F)cc3)sc2c1. The summed E-state index contributed by atoms with van der Waals surface area (Å²) in [6.45, 7) is 0. The zero-order valence-corrected chi connectivity index (χ0v) is 16.6. The molecule has 0 radical (unpaired) electrons. The molecular weight excluding hydrogens is 429 g/mol. The van der Waals surface area contributed by atoms with Crippen LogP contribution in [0.15, 0.2) is 52.3 Å². The van der Waals surface area contributed by atoms with Gasteiger partial charge in [0.05, 0.1) is 25.8 Å². The molecule has 28 heavy (non-hydrogen) atoms. The molecule has 1 heterocycles. The lowest BCUT2D eigenvalue weighted by molar-refractivity contribution is -0.115. The average Bonchev–Trinajstić information content (AvgIpc) is 3.01. The second-order valence-electron chi connectivity index (χ2n) is 5.76. The number of carbonyl (C=O) groups excluding carboxylic acids is 1. The standard InChI is InChI=1S/C16H14FN3O5S3/c17-10-1-3-11(4-2-10)27(22,23)8-7-15(21)20-16-19-13-6-5-12(28(18,24)25)9-14(13)26-16/h1-6,9H,7-8H2,(H2,18,24,25)(H,19,20,21). The molecule has 0 atom stereocenters. The Morgan fingerprint density at radius 1 is 1.07 bits per heavy atom. The largest absolute Gasteiger partial charge is 0.302 e. The summed E-state index contributed by atoms with van der Waals surface area (Å²) >= 11 is 1.03. The number of hydrogen-bond acceptors (Lipinski definition) is 7. The number of sulfonamides is 1. The second-order valence-corrected chi connectivity index (χ2v) is 10.5. The summed E-state index contributed by atoms with van der Waals surface area (Å²) in [7, 11) is -7.60. The minimum absolute atomic E-state index is 0.0720. The number of fused-ring (bicyclic) bond motifs is 1. The number of sulfone groups is 1. The van der Waals surface area contributed by atoms with Gasteiger partial charge in [-0.1, -0.05) is 11.3 Å². The number of nitrogens with one attached hydrogen (secondary N) is 1. The van der Waals surface area contributed by atoms with E-state index in [1.165, 1.54) is 18.2 Å². The summed E-state index contributed by atoms with van der Waals surface area (Å²) in [5.74, 6) is -1.58. The number of aromatic nitrogens is 1. The van der Waals surface area contributed by atoms with E-state index in [2.05, 4.69) is 10.3 Å². The summed E-state index contributed by atoms with van der Waals surface area (Å²) in [6, 6.07) is 8.45. The molecule has 3 N–H and O–H groups in total. The molecule has 3 rings (SSSR count). The van der Waals surface area contributed by atoms with E-state index < -0.39 is 37.3 Å². The molecule has 0 aliphatic heterocycles. The van der Waals surface area contributed by atoms with Gasteiger partial charge in [0.1, 0.15) is 5.82 Å². The van der Waals surface area contributed by atoms with Gasteiger partial charge in [0.25, 0.3) is 0 Å². The molecule has 1 aromatic heterocycles. The predicted octanol–water partition coefficient (Wildman–Crippen LogP) is 1.89. The quantitative estimate of drug-likeness (QED) is 0.558. The van der Waals surface area contributed by atoms with E-state index in [9.17, 15) is 26.0 Å². The number of hydrogen-bond donors (Lipinski definition) is 2. The van der Waals surface area contributed by atoms with E-state index in [0.29, 0.717) is 10.2 Å². The monoisotopic (exact) mass is 443 g/mol. The van der Waals surface area contributed by atoms with Gasteiger partial charge in [-0.2, -0.15) is 0 Å². The van der Waals surface area contributed by atoms with Crippen molar-refractivity contribution < 1.29 is 26.0 Å². The van der Waals surface area contributed by atoms with Gasteiger partial charge in [-0.3, -0.25) is 4.79 Å². The van der Waals surface area contributed by atoms with Crippen molar-refractivity contribution in [2.75, 3.05) is 11.1 Å². The van der Waals surface area contributed by atoms with Crippen LogP contribution in [0.3, 0.4) is 0 Å². The molecule has 8 nitrogen and oxygen atoms in total. The summed E-state index contributed by atoms with van der Waals surface area (Å²) in [5.41, 5.74) is 0.464. The fraction of sp³-hybridized carbons (Fsp3) is 0.125. The molecule has 0 spiro atoms. The number of rotatable bonds is 6. The second kappa shape index (κ2) is 7.54. The Labute approximate surface area is 164 Å². The molecule has 12 heteroatoms. The maximum atomic E-state index is 12.9. The van der Waals surface area contributed by atoms with Crippen LogP contribution in [0.25, 0.3) is 10.2 Å². The lowest BCUT2D eigenvalue weighted by atomic mass is 10.3. The highest BCUT2D eigenvalue weighted by molar-refractivity contribution is 7.91. The summed E-state index contributed by atoms with van der Waals surface area (Å²) in [4.78, 5) is 16.1. The zero-order valence-electron chi connectivity index (χ0n) is 14.1. The van der Waals surface area contributed by atoms with Crippen LogP contribution >= 0.6 is 11.3 Å². The van der Waals surface area contributed by atoms with Crippen molar-refractivity contribution in [2.24, 2.45) is 5.14 Å². The number of amides is 1. The average molecular weight is 444 g/mol. The van der Waals surface area contributed by atoms with Gasteiger partial charge in [0.2, 0.25) is 15.9 Å². The van der Waals surface area contributed by atoms with Crippen molar-refractivity contribution in [3.8, 4) is 0 Å². The maximum absolute atomic E-state index is 12.9. The number of nitrogens with two attached hydrogens (primary N) is 1. The van der Waals surface area contributed by atoms with Crippen LogP contribution < -0.4 is 10.5 Å². The molecule has 3 aromatic rings. The van der Waals surface area contributed by atoms with Gasteiger partial charge in [-0.15, -0.1) is 0 Å². The normalized spacial score (nSPS) is 12.2. The third kappa shape index (κ3) is 4.70. The first-order valence-corrected chi connectivity index (χ1v) is 11.8. The van der Waals surface area contributed by atoms with Crippen molar-refractivity contribution >= 4 is 52.5 Å². The van der Waals surface area contributed by atoms with Crippen LogP contribution in [-0.2, 0) is 24.7 Å². The van der Waals surface area contributed by atoms with Crippen LogP contribution in [0.2, 0.25) is 0 Å². The first kappa shape index (κ1) is 20.3. The van der Waals surface area contributed by atoms with Crippen molar-refractivity contribution in [3.63, 3.8) is 0 Å². The van der Waals surface area contributed by atoms with E-state index in [-0.39, 0.29) is 21.3 Å². The van der Waals surface area contributed by atoms with Crippen molar-refractivity contribution in [1.82, 2.24) is 4.98 Å². The van der Waals surface area contributed by atoms with Gasteiger partial charge in [-0.25, -0.2) is 31.3 Å². The third-order valence-corrected chi connectivity index (χ3v) is 7.28. The van der Waals surface area contributed by atoms with Crippen LogP contribution in [0.4, 0.5) is 9.52 Å². The Kier molecular flexibility index (Phi) is 5.48. The molecule has 148 valence electrons. The van der Waals surface area contributed by atoms with E-state index in [1.54, 1.807) is 0 Å². The summed E-state index contributed by atoms with van der Waals surface area (Å²) < 4.78 is 60.6. The van der Waals surface area contributed by atoms with Gasteiger partial charge >= 0.3 is 0 Å². The molecule has 0 fully saturated rings. The summed E-state index contributed by atoms with van der Waals surface area (Å²) in [6.07, 6.45) is -0.321. The minimum atomic E-state index is -3.86. The number of primary sulfonamides is 1. The zero-order chi connectivity index (χ0) is 20.5. The highest BCUT2D eigenvalue weighted by Crippen LogP contribution is 2.28. The predicted molar refractivity (Wildman–Crippen MR) is 103 cm³/mol. The Hall–Kier alpha value is -2.41. The Morgan fingerprint density at radius 3 is 2.36 bits per heavy atom. The fourth-order valence-corrected chi connectivity index (χ4v) is 5.08. The van der Waals surface area contributed by atoms with Gasteiger partial charge in [0, 0.05) is 6.42 Å². The molecule has 0 aliphatic carbocycles. The first-order chi connectivity index (χ1) is 13.0. The number of carbonyl (C=O) groups is 1. The van der Waals surface area contributed by atoms with E-state index in [0.717, 1.165) is 35.6 Å². The van der Waals surface area contributed by atoms with Gasteiger partial charge in [0.15, 0.2) is 15.0 Å². The van der Waals surface area contributed by atoms with Gasteiger partial charge < -0.3 is 5.32 Å². The third-order valence-electron chi connectivity index (χ3n) is 3.71. The number of benzene rings is 2. The number of nitrogens with zero attached hydrogens (tertiary/aromatic N) is 1. The molecular formula is C16H14FN3O5S3. The minimum Gasteiger partial charge on any atom is -0.302 e. The molecule has 2 aromatic carbocycles. The molecule has 0 saturated carbocycles.